The molecule has 0 aliphatic rings. The number of hydrogen-bond donors (Lipinski definition) is 2. The second-order valence-electron chi connectivity index (χ2n) is 6.29. The van der Waals surface area contributed by atoms with Crippen molar-refractivity contribution in [1.29, 1.82) is 0 Å². The monoisotopic (exact) mass is 370 g/mol. The molecule has 2 aromatic carbocycles. The Hall–Kier alpha value is -3.93. The fourth-order valence-corrected chi connectivity index (χ4v) is 2.89. The van der Waals surface area contributed by atoms with Gasteiger partial charge >= 0.3 is 0 Å². The zero-order valence-corrected chi connectivity index (χ0v) is 15.0. The number of aromatic nitrogens is 3. The van der Waals surface area contributed by atoms with Crippen LogP contribution in [0.4, 0.5) is 0 Å². The molecule has 0 fully saturated rings. The van der Waals surface area contributed by atoms with Crippen molar-refractivity contribution >= 4 is 5.91 Å². The van der Waals surface area contributed by atoms with Gasteiger partial charge in [0.25, 0.3) is 11.5 Å². The Morgan fingerprint density at radius 2 is 1.68 bits per heavy atom. The van der Waals surface area contributed by atoms with Gasteiger partial charge in [-0.1, -0.05) is 48.5 Å². The second-order valence-corrected chi connectivity index (χ2v) is 6.29. The van der Waals surface area contributed by atoms with E-state index in [1.807, 2.05) is 66.9 Å². The molecule has 0 saturated heterocycles. The molecule has 138 valence electrons. The average molecular weight is 370 g/mol. The van der Waals surface area contributed by atoms with Crippen molar-refractivity contribution in [3.63, 3.8) is 0 Å². The molecule has 0 spiro atoms. The van der Waals surface area contributed by atoms with E-state index in [2.05, 4.69) is 15.4 Å². The van der Waals surface area contributed by atoms with Gasteiger partial charge in [-0.3, -0.25) is 9.59 Å². The molecule has 6 nitrogen and oxygen atoms in total. The summed E-state index contributed by atoms with van der Waals surface area (Å²) in [7, 11) is 0. The van der Waals surface area contributed by atoms with Crippen molar-refractivity contribution in [2.24, 2.45) is 0 Å². The molecule has 2 N–H and O–H groups in total. The average Bonchev–Trinajstić information content (AvgIpc) is 3.22. The van der Waals surface area contributed by atoms with Crippen LogP contribution in [0.5, 0.6) is 0 Å². The highest BCUT2D eigenvalue weighted by molar-refractivity contribution is 5.94. The van der Waals surface area contributed by atoms with Crippen LogP contribution in [-0.4, -0.2) is 20.7 Å². The Bertz CT molecular complexity index is 1150. The minimum atomic E-state index is -0.423. The molecule has 0 unspecified atom stereocenters. The number of aromatic amines is 1. The Labute approximate surface area is 161 Å². The molecule has 6 heteroatoms. The molecule has 0 atom stereocenters. The van der Waals surface area contributed by atoms with Gasteiger partial charge in [-0.15, -0.1) is 0 Å². The van der Waals surface area contributed by atoms with E-state index in [0.29, 0.717) is 5.69 Å². The molecule has 1 amide bonds. The van der Waals surface area contributed by atoms with Crippen LogP contribution < -0.4 is 10.9 Å². The number of rotatable bonds is 5. The molecule has 0 saturated carbocycles. The van der Waals surface area contributed by atoms with E-state index in [0.717, 1.165) is 16.8 Å². The van der Waals surface area contributed by atoms with Crippen LogP contribution in [0.2, 0.25) is 0 Å². The molecular formula is C22H18N4O2. The third-order valence-electron chi connectivity index (χ3n) is 4.35. The van der Waals surface area contributed by atoms with Gasteiger partial charge in [0, 0.05) is 24.0 Å². The Kier molecular flexibility index (Phi) is 4.84. The number of pyridine rings is 1. The van der Waals surface area contributed by atoms with Crippen LogP contribution in [-0.2, 0) is 6.54 Å². The number of H-pyrrole nitrogens is 1. The van der Waals surface area contributed by atoms with Gasteiger partial charge in [0.05, 0.1) is 11.9 Å². The van der Waals surface area contributed by atoms with Crippen molar-refractivity contribution < 1.29 is 4.79 Å². The molecule has 4 rings (SSSR count). The normalized spacial score (nSPS) is 10.6. The lowest BCUT2D eigenvalue weighted by Crippen LogP contribution is -2.29. The van der Waals surface area contributed by atoms with Crippen LogP contribution in [0.1, 0.15) is 15.9 Å². The van der Waals surface area contributed by atoms with Gasteiger partial charge in [0.2, 0.25) is 0 Å². The van der Waals surface area contributed by atoms with Gasteiger partial charge in [-0.05, 0) is 29.8 Å². The van der Waals surface area contributed by atoms with Crippen molar-refractivity contribution in [1.82, 2.24) is 20.1 Å². The van der Waals surface area contributed by atoms with E-state index in [-0.39, 0.29) is 12.1 Å². The van der Waals surface area contributed by atoms with Crippen LogP contribution in [0.3, 0.4) is 0 Å². The number of nitrogens with zero attached hydrogens (tertiary/aromatic N) is 2. The highest BCUT2D eigenvalue weighted by Crippen LogP contribution is 2.14. The quantitative estimate of drug-likeness (QED) is 0.566. The number of nitrogens with one attached hydrogen (secondary N) is 2. The summed E-state index contributed by atoms with van der Waals surface area (Å²) in [5.74, 6) is -0.423. The SMILES string of the molecule is O=C(NCc1cnn(-c2ccccc2)c1)c1ccc(-c2ccccc2)[nH]c1=O. The molecule has 28 heavy (non-hydrogen) atoms. The summed E-state index contributed by atoms with van der Waals surface area (Å²) in [5, 5.41) is 7.07. The topological polar surface area (TPSA) is 79.8 Å². The van der Waals surface area contributed by atoms with Crippen molar-refractivity contribution in [2.45, 2.75) is 6.54 Å². The molecular weight excluding hydrogens is 352 g/mol. The largest absolute Gasteiger partial charge is 0.348 e. The van der Waals surface area contributed by atoms with Gasteiger partial charge in [-0.25, -0.2) is 4.68 Å². The minimum absolute atomic E-state index is 0.0788. The minimum Gasteiger partial charge on any atom is -0.348 e. The van der Waals surface area contributed by atoms with Crippen LogP contribution in [0.15, 0.2) is 90.0 Å². The van der Waals surface area contributed by atoms with E-state index in [4.69, 9.17) is 0 Å². The highest BCUT2D eigenvalue weighted by atomic mass is 16.2. The van der Waals surface area contributed by atoms with E-state index >= 15 is 0 Å². The Morgan fingerprint density at radius 3 is 2.39 bits per heavy atom. The maximum atomic E-state index is 12.4. The first-order valence-corrected chi connectivity index (χ1v) is 8.86. The van der Waals surface area contributed by atoms with Crippen molar-refractivity contribution in [3.8, 4) is 16.9 Å². The fourth-order valence-electron chi connectivity index (χ4n) is 2.89. The summed E-state index contributed by atoms with van der Waals surface area (Å²) >= 11 is 0. The number of benzene rings is 2. The Balaban J connectivity index is 1.44. The summed E-state index contributed by atoms with van der Waals surface area (Å²) in [4.78, 5) is 27.5. The van der Waals surface area contributed by atoms with Crippen LogP contribution in [0.25, 0.3) is 16.9 Å². The van der Waals surface area contributed by atoms with Crippen LogP contribution in [0, 0.1) is 0 Å². The summed E-state index contributed by atoms with van der Waals surface area (Å²) < 4.78 is 1.74. The predicted octanol–water partition coefficient (Wildman–Crippen LogP) is 3.16. The smallest absolute Gasteiger partial charge is 0.261 e. The Morgan fingerprint density at radius 1 is 0.964 bits per heavy atom. The molecule has 0 aliphatic carbocycles. The predicted molar refractivity (Wildman–Crippen MR) is 107 cm³/mol. The van der Waals surface area contributed by atoms with E-state index in [1.165, 1.54) is 0 Å². The first kappa shape index (κ1) is 17.5. The fraction of sp³-hybridized carbons (Fsp3) is 0.0455. The summed E-state index contributed by atoms with van der Waals surface area (Å²) in [6.45, 7) is 0.283. The number of hydrogen-bond acceptors (Lipinski definition) is 3. The molecule has 0 aliphatic heterocycles. The molecule has 2 heterocycles. The lowest BCUT2D eigenvalue weighted by Gasteiger charge is -2.05. The molecule has 0 radical (unpaired) electrons. The third-order valence-corrected chi connectivity index (χ3v) is 4.35. The number of carbonyl (C=O) groups is 1. The van der Waals surface area contributed by atoms with Crippen molar-refractivity contribution in [2.75, 3.05) is 0 Å². The van der Waals surface area contributed by atoms with E-state index < -0.39 is 11.5 Å². The number of para-hydroxylation sites is 1. The van der Waals surface area contributed by atoms with Gasteiger partial charge in [-0.2, -0.15) is 5.10 Å². The number of carbonyl (C=O) groups excluding carboxylic acids is 1. The zero-order chi connectivity index (χ0) is 19.3. The lowest BCUT2D eigenvalue weighted by molar-refractivity contribution is 0.0949. The van der Waals surface area contributed by atoms with Gasteiger partial charge in [0.15, 0.2) is 0 Å². The molecule has 2 aromatic heterocycles. The molecule has 0 bridgehead atoms. The third kappa shape index (κ3) is 3.76. The first-order valence-electron chi connectivity index (χ1n) is 8.86. The van der Waals surface area contributed by atoms with E-state index in [1.54, 1.807) is 23.0 Å². The van der Waals surface area contributed by atoms with E-state index in [9.17, 15) is 9.59 Å². The lowest BCUT2D eigenvalue weighted by atomic mass is 10.1. The standard InChI is InChI=1S/C22H18N4O2/c27-21(19-11-12-20(25-22(19)28)17-7-3-1-4-8-17)23-13-16-14-24-26(15-16)18-9-5-2-6-10-18/h1-12,14-15H,13H2,(H,23,27)(H,25,28). The number of amides is 1. The molecule has 4 aromatic rings. The van der Waals surface area contributed by atoms with Crippen molar-refractivity contribution in [3.05, 3.63) is 107 Å². The summed E-state index contributed by atoms with van der Waals surface area (Å²) in [5.41, 5.74) is 3.00. The first-order chi connectivity index (χ1) is 13.7. The van der Waals surface area contributed by atoms with Crippen LogP contribution >= 0.6 is 0 Å². The van der Waals surface area contributed by atoms with Gasteiger partial charge < -0.3 is 10.3 Å². The summed E-state index contributed by atoms with van der Waals surface area (Å²) in [6.07, 6.45) is 3.54. The maximum absolute atomic E-state index is 12.4. The maximum Gasteiger partial charge on any atom is 0.261 e. The zero-order valence-electron chi connectivity index (χ0n) is 15.0. The summed E-state index contributed by atoms with van der Waals surface area (Å²) in [6, 6.07) is 22.5. The van der Waals surface area contributed by atoms with Gasteiger partial charge in [0.1, 0.15) is 5.56 Å². The second kappa shape index (κ2) is 7.75. The highest BCUT2D eigenvalue weighted by Gasteiger charge is 2.12.